The van der Waals surface area contributed by atoms with Crippen molar-refractivity contribution in [3.8, 4) is 0 Å². The van der Waals surface area contributed by atoms with Crippen molar-refractivity contribution in [2.24, 2.45) is 7.05 Å². The largest absolute Gasteiger partial charge is 0.334 e. The van der Waals surface area contributed by atoms with Gasteiger partial charge >= 0.3 is 0 Å². The Morgan fingerprint density at radius 3 is 2.86 bits per heavy atom. The molecule has 0 spiro atoms. The van der Waals surface area contributed by atoms with Gasteiger partial charge in [0.25, 0.3) is 0 Å². The minimum absolute atomic E-state index is 0.00255. The molecule has 0 bridgehead atoms. The number of carbonyl (C=O) groups excluding carboxylic acids is 1. The standard InChI is InChI=1S/C17H22N4O/c1-4-7-16(15-8-5-6-11-18-15)21(3)17(22)10-9-14-12-19-20(2)13-14/h5-6,8-13,16H,4,7H2,1-3H3/b10-9-. The van der Waals surface area contributed by atoms with Gasteiger partial charge in [-0.25, -0.2) is 0 Å². The van der Waals surface area contributed by atoms with E-state index >= 15 is 0 Å². The van der Waals surface area contributed by atoms with Crippen LogP contribution in [0.15, 0.2) is 42.9 Å². The molecule has 0 fully saturated rings. The summed E-state index contributed by atoms with van der Waals surface area (Å²) in [5, 5.41) is 4.08. The molecule has 1 unspecified atom stereocenters. The van der Waals surface area contributed by atoms with Gasteiger partial charge in [0.2, 0.25) is 5.91 Å². The molecule has 2 heterocycles. The lowest BCUT2D eigenvalue weighted by atomic mass is 10.1. The molecule has 2 aromatic rings. The first-order valence-corrected chi connectivity index (χ1v) is 7.46. The number of hydrogen-bond donors (Lipinski definition) is 0. The third-order valence-corrected chi connectivity index (χ3v) is 3.55. The van der Waals surface area contributed by atoms with Crippen LogP contribution in [0.1, 0.15) is 37.1 Å². The van der Waals surface area contributed by atoms with E-state index in [0.717, 1.165) is 24.1 Å². The normalized spacial score (nSPS) is 12.5. The van der Waals surface area contributed by atoms with Gasteiger partial charge in [0, 0.05) is 38.1 Å². The number of rotatable bonds is 6. The number of amides is 1. The minimum Gasteiger partial charge on any atom is -0.334 e. The minimum atomic E-state index is -0.0343. The zero-order chi connectivity index (χ0) is 15.9. The molecule has 0 aromatic carbocycles. The number of likely N-dealkylation sites (N-methyl/N-ethyl adjacent to an activating group) is 1. The van der Waals surface area contributed by atoms with E-state index in [2.05, 4.69) is 17.0 Å². The predicted octanol–water partition coefficient (Wildman–Crippen LogP) is 2.83. The molecule has 0 aliphatic carbocycles. The molecule has 116 valence electrons. The Kier molecular flexibility index (Phi) is 5.47. The molecule has 1 atom stereocenters. The number of aryl methyl sites for hydroxylation is 1. The number of pyridine rings is 1. The number of aromatic nitrogens is 3. The highest BCUT2D eigenvalue weighted by atomic mass is 16.2. The molecule has 22 heavy (non-hydrogen) atoms. The van der Waals surface area contributed by atoms with E-state index < -0.39 is 0 Å². The van der Waals surface area contributed by atoms with Crippen molar-refractivity contribution < 1.29 is 4.79 Å². The van der Waals surface area contributed by atoms with Gasteiger partial charge in [-0.15, -0.1) is 0 Å². The highest BCUT2D eigenvalue weighted by molar-refractivity contribution is 5.91. The molecular weight excluding hydrogens is 276 g/mol. The second-order valence-electron chi connectivity index (χ2n) is 5.29. The Morgan fingerprint density at radius 2 is 2.27 bits per heavy atom. The SMILES string of the molecule is CCCC(c1ccccn1)N(C)C(=O)/C=C\c1cnn(C)c1. The highest BCUT2D eigenvalue weighted by Gasteiger charge is 2.20. The fraction of sp³-hybridized carbons (Fsp3) is 0.353. The predicted molar refractivity (Wildman–Crippen MR) is 86.9 cm³/mol. The first-order chi connectivity index (χ1) is 10.6. The van der Waals surface area contributed by atoms with Crippen molar-refractivity contribution in [2.45, 2.75) is 25.8 Å². The molecule has 1 amide bonds. The van der Waals surface area contributed by atoms with Crippen LogP contribution in [0.2, 0.25) is 0 Å². The molecule has 5 nitrogen and oxygen atoms in total. The summed E-state index contributed by atoms with van der Waals surface area (Å²) in [6.45, 7) is 2.11. The van der Waals surface area contributed by atoms with Crippen molar-refractivity contribution in [1.82, 2.24) is 19.7 Å². The maximum atomic E-state index is 12.4. The summed E-state index contributed by atoms with van der Waals surface area (Å²) in [5.74, 6) is -0.0343. The molecule has 5 heteroatoms. The molecule has 2 aromatic heterocycles. The van der Waals surface area contributed by atoms with E-state index in [1.807, 2.05) is 38.5 Å². The molecule has 0 N–H and O–H groups in total. The fourth-order valence-corrected chi connectivity index (χ4v) is 2.35. The van der Waals surface area contributed by atoms with Crippen LogP contribution in [-0.4, -0.2) is 32.6 Å². The molecule has 0 saturated heterocycles. The lowest BCUT2D eigenvalue weighted by molar-refractivity contribution is -0.127. The topological polar surface area (TPSA) is 51.0 Å². The summed E-state index contributed by atoms with van der Waals surface area (Å²) < 4.78 is 1.71. The molecule has 0 saturated carbocycles. The van der Waals surface area contributed by atoms with Crippen molar-refractivity contribution in [2.75, 3.05) is 7.05 Å². The number of hydrogen-bond acceptors (Lipinski definition) is 3. The monoisotopic (exact) mass is 298 g/mol. The van der Waals surface area contributed by atoms with Crippen molar-refractivity contribution >= 4 is 12.0 Å². The van der Waals surface area contributed by atoms with Crippen LogP contribution in [0, 0.1) is 0 Å². The van der Waals surface area contributed by atoms with Gasteiger partial charge in [0.1, 0.15) is 0 Å². The van der Waals surface area contributed by atoms with E-state index in [1.165, 1.54) is 0 Å². The smallest absolute Gasteiger partial charge is 0.246 e. The summed E-state index contributed by atoms with van der Waals surface area (Å²) in [4.78, 5) is 18.5. The van der Waals surface area contributed by atoms with Crippen LogP contribution in [-0.2, 0) is 11.8 Å². The maximum absolute atomic E-state index is 12.4. The Bertz CT molecular complexity index is 633. The maximum Gasteiger partial charge on any atom is 0.246 e. The Morgan fingerprint density at radius 1 is 1.45 bits per heavy atom. The van der Waals surface area contributed by atoms with Crippen LogP contribution >= 0.6 is 0 Å². The van der Waals surface area contributed by atoms with Gasteiger partial charge in [-0.3, -0.25) is 14.5 Å². The first-order valence-electron chi connectivity index (χ1n) is 7.46. The van der Waals surface area contributed by atoms with Gasteiger partial charge < -0.3 is 4.90 Å². The summed E-state index contributed by atoms with van der Waals surface area (Å²) in [6, 6.07) is 5.80. The van der Waals surface area contributed by atoms with Crippen LogP contribution in [0.4, 0.5) is 0 Å². The van der Waals surface area contributed by atoms with E-state index in [0.29, 0.717) is 0 Å². The molecular formula is C17H22N4O. The zero-order valence-corrected chi connectivity index (χ0v) is 13.3. The van der Waals surface area contributed by atoms with Gasteiger partial charge in [-0.2, -0.15) is 5.10 Å². The summed E-state index contributed by atoms with van der Waals surface area (Å²) in [7, 11) is 3.68. The van der Waals surface area contributed by atoms with Crippen LogP contribution < -0.4 is 0 Å². The Labute approximate surface area is 131 Å². The van der Waals surface area contributed by atoms with E-state index in [1.54, 1.807) is 34.1 Å². The zero-order valence-electron chi connectivity index (χ0n) is 13.3. The quantitative estimate of drug-likeness (QED) is 0.771. The average molecular weight is 298 g/mol. The van der Waals surface area contributed by atoms with Crippen molar-refractivity contribution in [3.63, 3.8) is 0 Å². The summed E-state index contributed by atoms with van der Waals surface area (Å²) in [5.41, 5.74) is 1.84. The summed E-state index contributed by atoms with van der Waals surface area (Å²) >= 11 is 0. The van der Waals surface area contributed by atoms with Gasteiger partial charge in [0.05, 0.1) is 17.9 Å². The highest BCUT2D eigenvalue weighted by Crippen LogP contribution is 2.23. The van der Waals surface area contributed by atoms with Gasteiger partial charge in [0.15, 0.2) is 0 Å². The molecule has 0 aliphatic rings. The average Bonchev–Trinajstić information content (AvgIpc) is 2.96. The number of nitrogens with zero attached hydrogens (tertiary/aromatic N) is 4. The molecule has 0 aliphatic heterocycles. The Hall–Kier alpha value is -2.43. The van der Waals surface area contributed by atoms with E-state index in [9.17, 15) is 4.79 Å². The number of carbonyl (C=O) groups is 1. The van der Waals surface area contributed by atoms with Crippen molar-refractivity contribution in [1.29, 1.82) is 0 Å². The lowest BCUT2D eigenvalue weighted by Crippen LogP contribution is -2.30. The third kappa shape index (κ3) is 4.04. The van der Waals surface area contributed by atoms with Gasteiger partial charge in [-0.1, -0.05) is 19.4 Å². The van der Waals surface area contributed by atoms with E-state index in [4.69, 9.17) is 0 Å². The molecule has 2 rings (SSSR count). The summed E-state index contributed by atoms with van der Waals surface area (Å²) in [6.07, 6.45) is 10.6. The molecule has 0 radical (unpaired) electrons. The third-order valence-electron chi connectivity index (χ3n) is 3.55. The van der Waals surface area contributed by atoms with Crippen LogP contribution in [0.3, 0.4) is 0 Å². The van der Waals surface area contributed by atoms with Crippen LogP contribution in [0.25, 0.3) is 6.08 Å². The van der Waals surface area contributed by atoms with E-state index in [-0.39, 0.29) is 11.9 Å². The van der Waals surface area contributed by atoms with Crippen LogP contribution in [0.5, 0.6) is 0 Å². The second kappa shape index (κ2) is 7.54. The second-order valence-corrected chi connectivity index (χ2v) is 5.29. The van der Waals surface area contributed by atoms with Gasteiger partial charge in [-0.05, 0) is 24.6 Å². The Balaban J connectivity index is 2.11. The van der Waals surface area contributed by atoms with Crippen molar-refractivity contribution in [3.05, 3.63) is 54.1 Å². The first kappa shape index (κ1) is 15.9. The lowest BCUT2D eigenvalue weighted by Gasteiger charge is -2.26. The fourth-order valence-electron chi connectivity index (χ4n) is 2.35.